The van der Waals surface area contributed by atoms with Crippen LogP contribution in [0.3, 0.4) is 0 Å². The number of hydrogen-bond donors (Lipinski definition) is 2. The lowest BCUT2D eigenvalue weighted by Gasteiger charge is -2.32. The van der Waals surface area contributed by atoms with Crippen LogP contribution in [0.5, 0.6) is 5.75 Å². The van der Waals surface area contributed by atoms with E-state index in [1.54, 1.807) is 24.3 Å². The van der Waals surface area contributed by atoms with Crippen molar-refractivity contribution < 1.29 is 27.5 Å². The zero-order valence-electron chi connectivity index (χ0n) is 19.7. The van der Waals surface area contributed by atoms with E-state index in [1.807, 2.05) is 6.92 Å². The number of benzene rings is 2. The Morgan fingerprint density at radius 1 is 1.09 bits per heavy atom. The third kappa shape index (κ3) is 6.51. The molecule has 1 amide bonds. The Kier molecular flexibility index (Phi) is 8.35. The minimum atomic E-state index is -4.01. The Labute approximate surface area is 205 Å². The van der Waals surface area contributed by atoms with E-state index in [2.05, 4.69) is 16.1 Å². The molecule has 1 aliphatic carbocycles. The van der Waals surface area contributed by atoms with Gasteiger partial charge in [0.25, 0.3) is 15.9 Å². The fourth-order valence-electron chi connectivity index (χ4n) is 3.87. The lowest BCUT2D eigenvalue weighted by atomic mass is 9.83. The van der Waals surface area contributed by atoms with Crippen LogP contribution in [-0.2, 0) is 19.6 Å². The third-order valence-corrected chi connectivity index (χ3v) is 7.15. The Bertz CT molecular complexity index is 1200. The van der Waals surface area contributed by atoms with Crippen LogP contribution in [0, 0.1) is 11.3 Å². The molecule has 1 unspecified atom stereocenters. The summed E-state index contributed by atoms with van der Waals surface area (Å²) in [7, 11) is -4.01. The van der Waals surface area contributed by atoms with Gasteiger partial charge in [0.15, 0.2) is 6.10 Å². The third-order valence-electron chi connectivity index (χ3n) is 5.77. The van der Waals surface area contributed by atoms with Crippen LogP contribution in [0.4, 0.5) is 5.69 Å². The molecule has 0 aromatic heterocycles. The number of carbonyl (C=O) groups excluding carboxylic acids is 2. The van der Waals surface area contributed by atoms with Gasteiger partial charge >= 0.3 is 5.97 Å². The van der Waals surface area contributed by atoms with Crippen LogP contribution in [0.1, 0.15) is 56.3 Å². The first-order chi connectivity index (χ1) is 16.7. The summed E-state index contributed by atoms with van der Waals surface area (Å²) in [6, 6.07) is 14.0. The fourth-order valence-corrected chi connectivity index (χ4v) is 4.95. The number of amides is 1. The largest absolute Gasteiger partial charge is 0.494 e. The molecule has 1 aliphatic rings. The smallest absolute Gasteiger partial charge is 0.341 e. The minimum absolute atomic E-state index is 0.00819. The second-order valence-electron chi connectivity index (χ2n) is 8.35. The number of anilines is 1. The van der Waals surface area contributed by atoms with Gasteiger partial charge in [0.1, 0.15) is 11.3 Å². The van der Waals surface area contributed by atoms with Crippen LogP contribution in [0.2, 0.25) is 0 Å². The van der Waals surface area contributed by atoms with Crippen LogP contribution >= 0.6 is 0 Å². The molecule has 0 saturated heterocycles. The van der Waals surface area contributed by atoms with Crippen molar-refractivity contribution in [2.24, 2.45) is 0 Å². The second kappa shape index (κ2) is 11.2. The average molecular weight is 500 g/mol. The number of rotatable bonds is 9. The van der Waals surface area contributed by atoms with Crippen molar-refractivity contribution in [1.29, 1.82) is 5.26 Å². The highest BCUT2D eigenvalue weighted by molar-refractivity contribution is 7.92. The summed E-state index contributed by atoms with van der Waals surface area (Å²) in [5, 5.41) is 12.3. The number of ether oxygens (including phenoxy) is 2. The van der Waals surface area contributed by atoms with Crippen LogP contribution in [0.15, 0.2) is 53.4 Å². The molecule has 2 N–H and O–H groups in total. The molecule has 10 heteroatoms. The number of nitrogens with zero attached hydrogens (tertiary/aromatic N) is 1. The van der Waals surface area contributed by atoms with E-state index in [1.165, 1.54) is 31.2 Å². The summed E-state index contributed by atoms with van der Waals surface area (Å²) in [5.41, 5.74) is -0.990. The summed E-state index contributed by atoms with van der Waals surface area (Å²) in [4.78, 5) is 25.5. The molecule has 2 aromatic rings. The van der Waals surface area contributed by atoms with Crippen molar-refractivity contribution in [3.8, 4) is 11.8 Å². The number of sulfonamides is 1. The molecule has 0 bridgehead atoms. The van der Waals surface area contributed by atoms with E-state index in [0.717, 1.165) is 19.3 Å². The molecule has 2 aromatic carbocycles. The highest BCUT2D eigenvalue weighted by Crippen LogP contribution is 2.28. The van der Waals surface area contributed by atoms with E-state index in [-0.39, 0.29) is 16.1 Å². The molecule has 186 valence electrons. The van der Waals surface area contributed by atoms with Crippen molar-refractivity contribution in [3.63, 3.8) is 0 Å². The average Bonchev–Trinajstić information content (AvgIpc) is 2.85. The number of nitrogens with one attached hydrogen (secondary N) is 2. The molecular formula is C25H29N3O6S. The standard InChI is InChI=1S/C25H29N3O6S/c1-3-33-19-11-13-20(14-12-19)35(31,32)28-22-10-6-5-9-21(22)24(30)34-18(2)23(29)27-25(17-26)15-7-4-8-16-25/h5-6,9-14,18,28H,3-4,7-8,15-16H2,1-2H3,(H,27,29). The maximum absolute atomic E-state index is 12.9. The van der Waals surface area contributed by atoms with E-state index in [0.29, 0.717) is 25.2 Å². The molecule has 0 aliphatic heterocycles. The Balaban J connectivity index is 1.71. The van der Waals surface area contributed by atoms with Gasteiger partial charge in [-0.25, -0.2) is 13.2 Å². The van der Waals surface area contributed by atoms with Gasteiger partial charge < -0.3 is 14.8 Å². The first-order valence-electron chi connectivity index (χ1n) is 11.5. The van der Waals surface area contributed by atoms with Crippen LogP contribution in [-0.4, -0.2) is 38.5 Å². The lowest BCUT2D eigenvalue weighted by Crippen LogP contribution is -2.52. The summed E-state index contributed by atoms with van der Waals surface area (Å²) < 4.78 is 38.8. The fraction of sp³-hybridized carbons (Fsp3) is 0.400. The highest BCUT2D eigenvalue weighted by atomic mass is 32.2. The van der Waals surface area contributed by atoms with Gasteiger partial charge in [0.2, 0.25) is 0 Å². The molecular weight excluding hydrogens is 470 g/mol. The van der Waals surface area contributed by atoms with Gasteiger partial charge in [-0.3, -0.25) is 9.52 Å². The summed E-state index contributed by atoms with van der Waals surface area (Å²) in [6.07, 6.45) is 2.60. The van der Waals surface area contributed by atoms with Gasteiger partial charge in [-0.1, -0.05) is 31.4 Å². The molecule has 3 rings (SSSR count). The first kappa shape index (κ1) is 26.0. The zero-order chi connectivity index (χ0) is 25.5. The lowest BCUT2D eigenvalue weighted by molar-refractivity contribution is -0.130. The predicted octanol–water partition coefficient (Wildman–Crippen LogP) is 3.77. The zero-order valence-corrected chi connectivity index (χ0v) is 20.6. The number of esters is 1. The predicted molar refractivity (Wildman–Crippen MR) is 129 cm³/mol. The Morgan fingerprint density at radius 3 is 2.37 bits per heavy atom. The molecule has 0 spiro atoms. The van der Waals surface area contributed by atoms with Crippen molar-refractivity contribution >= 4 is 27.6 Å². The van der Waals surface area contributed by atoms with Crippen LogP contribution in [0.25, 0.3) is 0 Å². The molecule has 1 saturated carbocycles. The topological polar surface area (TPSA) is 135 Å². The Morgan fingerprint density at radius 2 is 1.74 bits per heavy atom. The Hall–Kier alpha value is -3.58. The number of para-hydroxylation sites is 1. The van der Waals surface area contributed by atoms with E-state index in [9.17, 15) is 23.3 Å². The normalized spacial score (nSPS) is 15.8. The van der Waals surface area contributed by atoms with E-state index >= 15 is 0 Å². The quantitative estimate of drug-likeness (QED) is 0.501. The van der Waals surface area contributed by atoms with E-state index < -0.39 is 33.5 Å². The highest BCUT2D eigenvalue weighted by Gasteiger charge is 2.35. The van der Waals surface area contributed by atoms with Crippen molar-refractivity contribution in [2.75, 3.05) is 11.3 Å². The van der Waals surface area contributed by atoms with Crippen LogP contribution < -0.4 is 14.8 Å². The summed E-state index contributed by atoms with van der Waals surface area (Å²) in [6.45, 7) is 3.69. The van der Waals surface area contributed by atoms with Gasteiger partial charge in [-0.05, 0) is 63.1 Å². The summed E-state index contributed by atoms with van der Waals surface area (Å²) >= 11 is 0. The molecule has 0 heterocycles. The second-order valence-corrected chi connectivity index (χ2v) is 10.0. The molecule has 9 nitrogen and oxygen atoms in total. The molecule has 35 heavy (non-hydrogen) atoms. The van der Waals surface area contributed by atoms with Gasteiger partial charge in [0, 0.05) is 0 Å². The number of hydrogen-bond acceptors (Lipinski definition) is 7. The van der Waals surface area contributed by atoms with Crippen molar-refractivity contribution in [3.05, 3.63) is 54.1 Å². The minimum Gasteiger partial charge on any atom is -0.494 e. The van der Waals surface area contributed by atoms with Crippen molar-refractivity contribution in [1.82, 2.24) is 5.32 Å². The van der Waals surface area contributed by atoms with Crippen molar-refractivity contribution in [2.45, 2.75) is 62.5 Å². The maximum atomic E-state index is 12.9. The van der Waals surface area contributed by atoms with Gasteiger partial charge in [-0.2, -0.15) is 5.26 Å². The summed E-state index contributed by atoms with van der Waals surface area (Å²) in [5.74, 6) is -0.907. The SMILES string of the molecule is CCOc1ccc(S(=O)(=O)Nc2ccccc2C(=O)OC(C)C(=O)NC2(C#N)CCCCC2)cc1. The van der Waals surface area contributed by atoms with Gasteiger partial charge in [-0.15, -0.1) is 0 Å². The molecule has 1 fully saturated rings. The monoisotopic (exact) mass is 499 g/mol. The first-order valence-corrected chi connectivity index (χ1v) is 13.0. The molecule has 1 atom stereocenters. The number of nitriles is 1. The molecule has 0 radical (unpaired) electrons. The van der Waals surface area contributed by atoms with Gasteiger partial charge in [0.05, 0.1) is 28.8 Å². The maximum Gasteiger partial charge on any atom is 0.341 e. The van der Waals surface area contributed by atoms with E-state index in [4.69, 9.17) is 9.47 Å². The number of carbonyl (C=O) groups is 2.